The van der Waals surface area contributed by atoms with Crippen molar-refractivity contribution in [3.05, 3.63) is 11.1 Å². The fraction of sp³-hybridized carbons (Fsp3) is 0.769. The molecule has 0 unspecified atom stereocenters. The molecule has 2 nitrogen and oxygen atoms in total. The number of aliphatic carboxylic acids is 1. The maximum absolute atomic E-state index is 11.1. The first kappa shape index (κ1) is 10.7. The zero-order valence-electron chi connectivity index (χ0n) is 9.68. The second-order valence-electron chi connectivity index (χ2n) is 5.19. The molecule has 2 bridgehead atoms. The Bertz CT molecular complexity index is 306. The van der Waals surface area contributed by atoms with Crippen molar-refractivity contribution in [3.8, 4) is 0 Å². The summed E-state index contributed by atoms with van der Waals surface area (Å²) in [5.74, 6) is 0.173. The number of carboxylic acid groups (broad SMARTS) is 1. The fourth-order valence-corrected chi connectivity index (χ4v) is 3.62. The molecule has 15 heavy (non-hydrogen) atoms. The molecule has 0 aliphatic heterocycles. The second kappa shape index (κ2) is 3.66. The van der Waals surface area contributed by atoms with Gasteiger partial charge in [-0.25, -0.2) is 4.79 Å². The Morgan fingerprint density at radius 3 is 2.33 bits per heavy atom. The van der Waals surface area contributed by atoms with Gasteiger partial charge in [-0.05, 0) is 56.8 Å². The zero-order chi connectivity index (χ0) is 11.1. The molecule has 2 aliphatic rings. The number of carboxylic acids is 1. The highest BCUT2D eigenvalue weighted by Crippen LogP contribution is 2.58. The predicted octanol–water partition coefficient (Wildman–Crippen LogP) is 3.38. The molecule has 0 spiro atoms. The van der Waals surface area contributed by atoms with Crippen LogP contribution < -0.4 is 0 Å². The van der Waals surface area contributed by atoms with Gasteiger partial charge in [0.25, 0.3) is 0 Å². The van der Waals surface area contributed by atoms with Crippen LogP contribution in [0.3, 0.4) is 0 Å². The minimum atomic E-state index is -0.709. The van der Waals surface area contributed by atoms with Gasteiger partial charge in [0.15, 0.2) is 0 Å². The van der Waals surface area contributed by atoms with Crippen LogP contribution in [0.1, 0.15) is 52.4 Å². The van der Waals surface area contributed by atoms with Crippen LogP contribution in [0.4, 0.5) is 0 Å². The van der Waals surface area contributed by atoms with Gasteiger partial charge in [-0.2, -0.15) is 0 Å². The van der Waals surface area contributed by atoms with E-state index in [1.54, 1.807) is 0 Å². The molecule has 0 saturated heterocycles. The lowest BCUT2D eigenvalue weighted by Crippen LogP contribution is -2.19. The first-order chi connectivity index (χ1) is 7.09. The molecule has 1 N–H and O–H groups in total. The third-order valence-electron chi connectivity index (χ3n) is 4.60. The van der Waals surface area contributed by atoms with E-state index in [9.17, 15) is 4.79 Å². The first-order valence-electron chi connectivity index (χ1n) is 6.02. The van der Waals surface area contributed by atoms with E-state index in [0.717, 1.165) is 5.92 Å². The van der Waals surface area contributed by atoms with Gasteiger partial charge >= 0.3 is 5.97 Å². The van der Waals surface area contributed by atoms with Gasteiger partial charge in [-0.1, -0.05) is 12.5 Å². The number of hydrogen-bond acceptors (Lipinski definition) is 1. The normalized spacial score (nSPS) is 35.5. The summed E-state index contributed by atoms with van der Waals surface area (Å²) < 4.78 is 0. The molecule has 0 aromatic rings. The van der Waals surface area contributed by atoms with E-state index in [4.69, 9.17) is 5.11 Å². The molecular formula is C13H20O2. The van der Waals surface area contributed by atoms with Crippen LogP contribution in [0.2, 0.25) is 0 Å². The summed E-state index contributed by atoms with van der Waals surface area (Å²) in [4.78, 5) is 11.1. The Balaban J connectivity index is 2.33. The van der Waals surface area contributed by atoms with Crippen molar-refractivity contribution in [2.24, 2.45) is 11.3 Å². The van der Waals surface area contributed by atoms with Crippen molar-refractivity contribution in [1.29, 1.82) is 0 Å². The number of fused-ring (bicyclic) bond motifs is 2. The molecule has 0 radical (unpaired) electrons. The summed E-state index contributed by atoms with van der Waals surface area (Å²) in [6.45, 7) is 4.01. The molecule has 2 heteroatoms. The number of allylic oxidation sites excluding steroid dienone is 1. The summed E-state index contributed by atoms with van der Waals surface area (Å²) >= 11 is 0. The summed E-state index contributed by atoms with van der Waals surface area (Å²) in [5.41, 5.74) is 2.11. The fourth-order valence-electron chi connectivity index (χ4n) is 3.62. The summed E-state index contributed by atoms with van der Waals surface area (Å²) in [7, 11) is 0. The average molecular weight is 208 g/mol. The van der Waals surface area contributed by atoms with Crippen molar-refractivity contribution in [2.75, 3.05) is 0 Å². The van der Waals surface area contributed by atoms with Gasteiger partial charge in [-0.15, -0.1) is 0 Å². The van der Waals surface area contributed by atoms with Crippen molar-refractivity contribution >= 4 is 5.97 Å². The largest absolute Gasteiger partial charge is 0.478 e. The molecule has 0 amide bonds. The highest BCUT2D eigenvalue weighted by atomic mass is 16.4. The second-order valence-corrected chi connectivity index (χ2v) is 5.19. The quantitative estimate of drug-likeness (QED) is 0.722. The number of hydrogen-bond donors (Lipinski definition) is 1. The molecule has 2 aliphatic carbocycles. The number of carbonyl (C=O) groups is 1. The summed E-state index contributed by atoms with van der Waals surface area (Å²) in [6, 6.07) is 0. The molecule has 2 saturated carbocycles. The molecule has 0 aromatic heterocycles. The van der Waals surface area contributed by atoms with Gasteiger partial charge in [0, 0.05) is 5.57 Å². The molecule has 84 valence electrons. The lowest BCUT2D eigenvalue weighted by atomic mass is 9.75. The minimum absolute atomic E-state index is 0.272. The van der Waals surface area contributed by atoms with Crippen molar-refractivity contribution in [2.45, 2.75) is 52.4 Å². The predicted molar refractivity (Wildman–Crippen MR) is 59.6 cm³/mol. The van der Waals surface area contributed by atoms with E-state index in [0.29, 0.717) is 12.0 Å². The molecule has 0 aromatic carbocycles. The van der Waals surface area contributed by atoms with Crippen molar-refractivity contribution < 1.29 is 9.90 Å². The molecule has 2 rings (SSSR count). The Morgan fingerprint density at radius 2 is 2.00 bits per heavy atom. The smallest absolute Gasteiger partial charge is 0.331 e. The van der Waals surface area contributed by atoms with E-state index in [1.165, 1.54) is 37.7 Å². The van der Waals surface area contributed by atoms with E-state index < -0.39 is 5.97 Å². The van der Waals surface area contributed by atoms with Crippen molar-refractivity contribution in [1.82, 2.24) is 0 Å². The van der Waals surface area contributed by atoms with E-state index in [1.807, 2.05) is 6.92 Å². The van der Waals surface area contributed by atoms with E-state index in [-0.39, 0.29) is 5.41 Å². The van der Waals surface area contributed by atoms with Crippen LogP contribution in [0, 0.1) is 11.3 Å². The topological polar surface area (TPSA) is 37.3 Å². The van der Waals surface area contributed by atoms with Crippen LogP contribution >= 0.6 is 0 Å². The Morgan fingerprint density at radius 1 is 1.40 bits per heavy atom. The standard InChI is InChI=1S/C13H20O2/c1-3-11(12(14)15)9(2)13-6-4-10(8-13)5-7-13/h10H,3-8H2,1-2H3,(H,14,15). The Labute approximate surface area is 91.4 Å². The lowest BCUT2D eigenvalue weighted by Gasteiger charge is -2.29. The third-order valence-corrected chi connectivity index (χ3v) is 4.60. The Hall–Kier alpha value is -0.790. The zero-order valence-corrected chi connectivity index (χ0v) is 9.68. The van der Waals surface area contributed by atoms with E-state index >= 15 is 0 Å². The van der Waals surface area contributed by atoms with Gasteiger partial charge in [0.05, 0.1) is 0 Å². The van der Waals surface area contributed by atoms with Crippen LogP contribution in [0.15, 0.2) is 11.1 Å². The third kappa shape index (κ3) is 1.60. The molecule has 0 heterocycles. The highest BCUT2D eigenvalue weighted by Gasteiger charge is 2.46. The van der Waals surface area contributed by atoms with Gasteiger partial charge in [0.1, 0.15) is 0 Å². The summed E-state index contributed by atoms with van der Waals surface area (Å²) in [5, 5.41) is 9.17. The molecule has 0 atom stereocenters. The molecule has 2 fully saturated rings. The minimum Gasteiger partial charge on any atom is -0.478 e. The monoisotopic (exact) mass is 208 g/mol. The lowest BCUT2D eigenvalue weighted by molar-refractivity contribution is -0.132. The first-order valence-corrected chi connectivity index (χ1v) is 6.02. The van der Waals surface area contributed by atoms with E-state index in [2.05, 4.69) is 6.92 Å². The van der Waals surface area contributed by atoms with Crippen LogP contribution in [-0.2, 0) is 4.79 Å². The average Bonchev–Trinajstić information content (AvgIpc) is 2.78. The maximum atomic E-state index is 11.1. The Kier molecular flexibility index (Phi) is 2.61. The molecular weight excluding hydrogens is 188 g/mol. The SMILES string of the molecule is CCC(C(=O)O)=C(C)C12CCC(CC1)C2. The van der Waals surface area contributed by atoms with Crippen molar-refractivity contribution in [3.63, 3.8) is 0 Å². The van der Waals surface area contributed by atoms with Crippen LogP contribution in [0.25, 0.3) is 0 Å². The van der Waals surface area contributed by atoms with Gasteiger partial charge in [-0.3, -0.25) is 0 Å². The maximum Gasteiger partial charge on any atom is 0.331 e. The van der Waals surface area contributed by atoms with Gasteiger partial charge < -0.3 is 5.11 Å². The van der Waals surface area contributed by atoms with Crippen LogP contribution in [-0.4, -0.2) is 11.1 Å². The number of rotatable bonds is 3. The highest BCUT2D eigenvalue weighted by molar-refractivity contribution is 5.87. The summed E-state index contributed by atoms with van der Waals surface area (Å²) in [6.07, 6.45) is 6.98. The van der Waals surface area contributed by atoms with Gasteiger partial charge in [0.2, 0.25) is 0 Å². The van der Waals surface area contributed by atoms with Crippen LogP contribution in [0.5, 0.6) is 0 Å².